The zero-order chi connectivity index (χ0) is 20.1. The highest BCUT2D eigenvalue weighted by atomic mass is 16.4. The molecular formula is C16H31N5O5. The van der Waals surface area contributed by atoms with Gasteiger partial charge in [-0.3, -0.25) is 19.2 Å². The second-order valence-electron chi connectivity index (χ2n) is 6.47. The van der Waals surface area contributed by atoms with Crippen LogP contribution in [0.2, 0.25) is 0 Å². The smallest absolute Gasteiger partial charge is 0.322 e. The maximum absolute atomic E-state index is 12.3. The Hall–Kier alpha value is -2.20. The summed E-state index contributed by atoms with van der Waals surface area (Å²) in [6, 6.07) is -1.56. The molecule has 0 rings (SSSR count). The van der Waals surface area contributed by atoms with E-state index in [1.807, 2.05) is 13.8 Å². The van der Waals surface area contributed by atoms with Crippen LogP contribution < -0.4 is 27.4 Å². The fourth-order valence-corrected chi connectivity index (χ4v) is 2.18. The molecule has 0 radical (unpaired) electrons. The molecule has 0 bridgehead atoms. The summed E-state index contributed by atoms with van der Waals surface area (Å²) < 4.78 is 0. The Morgan fingerprint density at radius 1 is 1.00 bits per heavy atom. The lowest BCUT2D eigenvalue weighted by Crippen LogP contribution is -2.53. The van der Waals surface area contributed by atoms with Crippen molar-refractivity contribution in [2.45, 2.75) is 51.6 Å². The molecule has 150 valence electrons. The van der Waals surface area contributed by atoms with E-state index in [1.54, 1.807) is 0 Å². The minimum absolute atomic E-state index is 0.234. The summed E-state index contributed by atoms with van der Waals surface area (Å²) in [5.74, 6) is -2.54. The van der Waals surface area contributed by atoms with E-state index in [4.69, 9.17) is 16.6 Å². The first kappa shape index (κ1) is 23.8. The number of carbonyl (C=O) groups is 4. The molecule has 10 nitrogen and oxygen atoms in total. The minimum Gasteiger partial charge on any atom is -0.480 e. The molecule has 0 aromatic rings. The van der Waals surface area contributed by atoms with Gasteiger partial charge in [0.05, 0.1) is 12.6 Å². The third-order valence-electron chi connectivity index (χ3n) is 3.50. The maximum atomic E-state index is 12.3. The zero-order valence-corrected chi connectivity index (χ0v) is 15.4. The van der Waals surface area contributed by atoms with Crippen molar-refractivity contribution >= 4 is 23.7 Å². The Morgan fingerprint density at radius 2 is 1.65 bits per heavy atom. The number of nitrogens with one attached hydrogen (secondary N) is 3. The highest BCUT2D eigenvalue weighted by Crippen LogP contribution is 2.05. The molecule has 0 aromatic carbocycles. The van der Waals surface area contributed by atoms with Crippen LogP contribution in [0, 0.1) is 5.92 Å². The third kappa shape index (κ3) is 11.4. The van der Waals surface area contributed by atoms with Crippen LogP contribution in [-0.2, 0) is 19.2 Å². The van der Waals surface area contributed by atoms with E-state index in [0.29, 0.717) is 32.2 Å². The van der Waals surface area contributed by atoms with Gasteiger partial charge in [0.15, 0.2) is 0 Å². The number of amides is 3. The van der Waals surface area contributed by atoms with Crippen molar-refractivity contribution in [3.8, 4) is 0 Å². The summed E-state index contributed by atoms with van der Waals surface area (Å²) in [6.07, 6.45) is 2.16. The number of rotatable bonds is 13. The topological polar surface area (TPSA) is 177 Å². The average Bonchev–Trinajstić information content (AvgIpc) is 2.56. The average molecular weight is 373 g/mol. The van der Waals surface area contributed by atoms with Crippen molar-refractivity contribution in [2.24, 2.45) is 17.4 Å². The molecule has 10 heteroatoms. The zero-order valence-electron chi connectivity index (χ0n) is 15.4. The van der Waals surface area contributed by atoms with Crippen LogP contribution in [0.15, 0.2) is 0 Å². The molecule has 2 atom stereocenters. The molecule has 8 N–H and O–H groups in total. The summed E-state index contributed by atoms with van der Waals surface area (Å²) in [7, 11) is 0. The van der Waals surface area contributed by atoms with Crippen molar-refractivity contribution in [1.29, 1.82) is 0 Å². The van der Waals surface area contributed by atoms with Gasteiger partial charge in [0.1, 0.15) is 12.6 Å². The van der Waals surface area contributed by atoms with Gasteiger partial charge in [-0.15, -0.1) is 0 Å². The first-order chi connectivity index (χ1) is 12.2. The summed E-state index contributed by atoms with van der Waals surface area (Å²) >= 11 is 0. The van der Waals surface area contributed by atoms with Gasteiger partial charge in [-0.05, 0) is 38.1 Å². The van der Waals surface area contributed by atoms with Crippen LogP contribution in [0.4, 0.5) is 0 Å². The van der Waals surface area contributed by atoms with Crippen LogP contribution in [0.1, 0.15) is 39.5 Å². The molecule has 0 fully saturated rings. The van der Waals surface area contributed by atoms with Crippen molar-refractivity contribution in [3.63, 3.8) is 0 Å². The minimum atomic E-state index is -1.18. The molecule has 0 aliphatic heterocycles. The quantitative estimate of drug-likeness (QED) is 0.208. The van der Waals surface area contributed by atoms with E-state index < -0.39 is 42.3 Å². The summed E-state index contributed by atoms with van der Waals surface area (Å²) in [5, 5.41) is 15.6. The van der Waals surface area contributed by atoms with Gasteiger partial charge in [0.25, 0.3) is 0 Å². The Bertz CT molecular complexity index is 484. The van der Waals surface area contributed by atoms with Gasteiger partial charge < -0.3 is 32.5 Å². The van der Waals surface area contributed by atoms with Gasteiger partial charge in [0, 0.05) is 0 Å². The van der Waals surface area contributed by atoms with Gasteiger partial charge in [-0.25, -0.2) is 0 Å². The van der Waals surface area contributed by atoms with Crippen molar-refractivity contribution in [2.75, 3.05) is 19.6 Å². The fourth-order valence-electron chi connectivity index (χ4n) is 2.18. The van der Waals surface area contributed by atoms with Gasteiger partial charge in [0.2, 0.25) is 17.7 Å². The molecule has 0 heterocycles. The fraction of sp³-hybridized carbons (Fsp3) is 0.750. The molecular weight excluding hydrogens is 342 g/mol. The molecule has 0 aromatic heterocycles. The summed E-state index contributed by atoms with van der Waals surface area (Å²) in [5.41, 5.74) is 11.3. The molecule has 0 aliphatic carbocycles. The molecule has 2 unspecified atom stereocenters. The predicted octanol–water partition coefficient (Wildman–Crippen LogP) is -1.71. The Kier molecular flexibility index (Phi) is 12.0. The highest BCUT2D eigenvalue weighted by molar-refractivity contribution is 5.92. The number of nitrogens with two attached hydrogens (primary N) is 2. The molecule has 0 saturated carbocycles. The number of carboxylic acids is 1. The first-order valence-electron chi connectivity index (χ1n) is 8.69. The van der Waals surface area contributed by atoms with Crippen LogP contribution in [0.5, 0.6) is 0 Å². The molecule has 0 aliphatic rings. The lowest BCUT2D eigenvalue weighted by Gasteiger charge is -2.21. The van der Waals surface area contributed by atoms with Crippen LogP contribution in [0.25, 0.3) is 0 Å². The summed E-state index contributed by atoms with van der Waals surface area (Å²) in [4.78, 5) is 46.3. The van der Waals surface area contributed by atoms with Crippen LogP contribution >= 0.6 is 0 Å². The van der Waals surface area contributed by atoms with E-state index in [0.717, 1.165) is 0 Å². The van der Waals surface area contributed by atoms with E-state index in [-0.39, 0.29) is 12.5 Å². The van der Waals surface area contributed by atoms with Crippen LogP contribution in [-0.4, -0.2) is 60.5 Å². The van der Waals surface area contributed by atoms with E-state index >= 15 is 0 Å². The van der Waals surface area contributed by atoms with Crippen molar-refractivity contribution in [3.05, 3.63) is 0 Å². The van der Waals surface area contributed by atoms with E-state index in [2.05, 4.69) is 16.0 Å². The Balaban J connectivity index is 4.63. The Morgan fingerprint density at radius 3 is 2.19 bits per heavy atom. The molecule has 0 spiro atoms. The lowest BCUT2D eigenvalue weighted by atomic mass is 10.0. The second-order valence-corrected chi connectivity index (χ2v) is 6.47. The lowest BCUT2D eigenvalue weighted by molar-refractivity contribution is -0.138. The molecule has 3 amide bonds. The second kappa shape index (κ2) is 13.1. The monoisotopic (exact) mass is 373 g/mol. The van der Waals surface area contributed by atoms with Crippen molar-refractivity contribution in [1.82, 2.24) is 16.0 Å². The number of unbranched alkanes of at least 4 members (excludes halogenated alkanes) is 1. The number of carbonyl (C=O) groups excluding carboxylic acids is 3. The van der Waals surface area contributed by atoms with Gasteiger partial charge in [-0.1, -0.05) is 13.8 Å². The molecule has 26 heavy (non-hydrogen) atoms. The van der Waals surface area contributed by atoms with Gasteiger partial charge >= 0.3 is 5.97 Å². The highest BCUT2D eigenvalue weighted by Gasteiger charge is 2.24. The summed E-state index contributed by atoms with van der Waals surface area (Å²) in [6.45, 7) is 3.43. The maximum Gasteiger partial charge on any atom is 0.322 e. The number of hydrogen-bond acceptors (Lipinski definition) is 6. The molecule has 0 saturated heterocycles. The Labute approximate surface area is 153 Å². The SMILES string of the molecule is CC(C)CC(N)C(=O)NC(CCCCN)C(=O)NCC(=O)NCC(=O)O. The standard InChI is InChI=1S/C16H31N5O5/c1-10(2)7-11(18)15(25)21-12(5-3-4-6-17)16(26)20-8-13(22)19-9-14(23)24/h10-12H,3-9,17-18H2,1-2H3,(H,19,22)(H,20,26)(H,21,25)(H,23,24). The number of hydrogen-bond donors (Lipinski definition) is 6. The predicted molar refractivity (Wildman–Crippen MR) is 95.9 cm³/mol. The van der Waals surface area contributed by atoms with Crippen LogP contribution in [0.3, 0.4) is 0 Å². The van der Waals surface area contributed by atoms with Crippen molar-refractivity contribution < 1.29 is 24.3 Å². The number of carboxylic acid groups (broad SMARTS) is 1. The van der Waals surface area contributed by atoms with E-state index in [9.17, 15) is 19.2 Å². The first-order valence-corrected chi connectivity index (χ1v) is 8.69. The normalized spacial score (nSPS) is 13.0. The number of aliphatic carboxylic acids is 1. The third-order valence-corrected chi connectivity index (χ3v) is 3.50. The van der Waals surface area contributed by atoms with E-state index in [1.165, 1.54) is 0 Å². The largest absolute Gasteiger partial charge is 0.480 e. The van der Waals surface area contributed by atoms with Gasteiger partial charge in [-0.2, -0.15) is 0 Å².